The Labute approximate surface area is 141 Å². The number of hydrogen-bond donors (Lipinski definition) is 2. The van der Waals surface area contributed by atoms with Crippen LogP contribution >= 0.6 is 0 Å². The highest BCUT2D eigenvalue weighted by Crippen LogP contribution is 2.52. The first-order chi connectivity index (χ1) is 11.5. The Bertz CT molecular complexity index is 636. The summed E-state index contributed by atoms with van der Waals surface area (Å²) in [5, 5.41) is 17.1. The van der Waals surface area contributed by atoms with Gasteiger partial charge in [-0.2, -0.15) is 5.10 Å². The first kappa shape index (κ1) is 15.7. The van der Waals surface area contributed by atoms with Crippen LogP contribution in [0.15, 0.2) is 12.3 Å². The molecule has 0 spiro atoms. The SMILES string of the molecule is O=C(NC12CCC(C(=O)O)(CC1)CC2)c1ccnn1C1CCCC1. The van der Waals surface area contributed by atoms with Gasteiger partial charge in [0.15, 0.2) is 0 Å². The van der Waals surface area contributed by atoms with Gasteiger partial charge in [0.05, 0.1) is 11.5 Å². The van der Waals surface area contributed by atoms with Crippen molar-refractivity contribution in [3.05, 3.63) is 18.0 Å². The van der Waals surface area contributed by atoms with Crippen LogP contribution in [0.2, 0.25) is 0 Å². The van der Waals surface area contributed by atoms with Crippen molar-refractivity contribution in [1.29, 1.82) is 0 Å². The van der Waals surface area contributed by atoms with E-state index in [1.807, 2.05) is 4.68 Å². The van der Waals surface area contributed by atoms with Gasteiger partial charge in [-0.15, -0.1) is 0 Å². The maximum atomic E-state index is 12.9. The van der Waals surface area contributed by atoms with E-state index < -0.39 is 11.4 Å². The molecule has 6 nitrogen and oxygen atoms in total. The number of nitrogens with one attached hydrogen (secondary N) is 1. The molecule has 1 aromatic rings. The lowest BCUT2D eigenvalue weighted by molar-refractivity contribution is -0.156. The minimum absolute atomic E-state index is 0.0517. The van der Waals surface area contributed by atoms with Crippen LogP contribution in [0.3, 0.4) is 0 Å². The Morgan fingerprint density at radius 2 is 1.75 bits per heavy atom. The number of rotatable bonds is 4. The third-order valence-corrected chi connectivity index (χ3v) is 6.65. The molecule has 1 aromatic heterocycles. The smallest absolute Gasteiger partial charge is 0.309 e. The van der Waals surface area contributed by atoms with Gasteiger partial charge in [0, 0.05) is 11.7 Å². The van der Waals surface area contributed by atoms with Crippen molar-refractivity contribution in [1.82, 2.24) is 15.1 Å². The molecule has 2 N–H and O–H groups in total. The lowest BCUT2D eigenvalue weighted by Crippen LogP contribution is -2.58. The molecule has 0 aliphatic heterocycles. The van der Waals surface area contributed by atoms with Gasteiger partial charge < -0.3 is 10.4 Å². The summed E-state index contributed by atoms with van der Waals surface area (Å²) in [4.78, 5) is 24.4. The third-order valence-electron chi connectivity index (χ3n) is 6.65. The van der Waals surface area contributed by atoms with Crippen LogP contribution in [-0.2, 0) is 4.79 Å². The molecule has 0 radical (unpaired) electrons. The summed E-state index contributed by atoms with van der Waals surface area (Å²) < 4.78 is 1.90. The summed E-state index contributed by atoms with van der Waals surface area (Å²) in [7, 11) is 0. The summed E-state index contributed by atoms with van der Waals surface area (Å²) >= 11 is 0. The maximum absolute atomic E-state index is 12.9. The molecule has 130 valence electrons. The quantitative estimate of drug-likeness (QED) is 0.888. The third kappa shape index (κ3) is 2.43. The second kappa shape index (κ2) is 5.60. The van der Waals surface area contributed by atoms with Crippen LogP contribution < -0.4 is 5.32 Å². The summed E-state index contributed by atoms with van der Waals surface area (Å²) in [6.07, 6.45) is 10.6. The number of nitrogens with zero attached hydrogens (tertiary/aromatic N) is 2. The van der Waals surface area contributed by atoms with E-state index >= 15 is 0 Å². The van der Waals surface area contributed by atoms with Gasteiger partial charge in [-0.3, -0.25) is 14.3 Å². The molecule has 0 atom stereocenters. The lowest BCUT2D eigenvalue weighted by atomic mass is 9.57. The van der Waals surface area contributed by atoms with Crippen LogP contribution in [0.5, 0.6) is 0 Å². The van der Waals surface area contributed by atoms with Crippen molar-refractivity contribution in [2.75, 3.05) is 0 Å². The zero-order chi connectivity index (χ0) is 16.8. The minimum atomic E-state index is -0.665. The van der Waals surface area contributed by atoms with Crippen molar-refractivity contribution < 1.29 is 14.7 Å². The summed E-state index contributed by atoms with van der Waals surface area (Å²) in [5.41, 5.74) is -0.117. The Balaban J connectivity index is 1.48. The fourth-order valence-electron chi connectivity index (χ4n) is 4.93. The number of carbonyl (C=O) groups excluding carboxylic acids is 1. The van der Waals surface area contributed by atoms with E-state index in [-0.39, 0.29) is 11.4 Å². The van der Waals surface area contributed by atoms with E-state index in [1.165, 1.54) is 12.8 Å². The van der Waals surface area contributed by atoms with Crippen molar-refractivity contribution in [3.8, 4) is 0 Å². The highest BCUT2D eigenvalue weighted by Gasteiger charge is 2.53. The second-order valence-corrected chi connectivity index (χ2v) is 7.92. The standard InChI is InChI=1S/C18H25N3O3/c22-15(14-5-12-19-21(14)13-3-1-2-4-13)20-18-9-6-17(7-10-18,8-11-18)16(23)24/h5,12-13H,1-4,6-11H2,(H,20,22)(H,23,24). The predicted octanol–water partition coefficient (Wildman–Crippen LogP) is 2.91. The lowest BCUT2D eigenvalue weighted by Gasteiger charge is -2.51. The number of aromatic nitrogens is 2. The van der Waals surface area contributed by atoms with Gasteiger partial charge in [0.2, 0.25) is 0 Å². The van der Waals surface area contributed by atoms with E-state index in [0.29, 0.717) is 31.0 Å². The highest BCUT2D eigenvalue weighted by atomic mass is 16.4. The number of hydrogen-bond acceptors (Lipinski definition) is 3. The summed E-state index contributed by atoms with van der Waals surface area (Å²) in [6.45, 7) is 0. The average molecular weight is 331 g/mol. The van der Waals surface area contributed by atoms with Crippen LogP contribution in [0.1, 0.15) is 80.7 Å². The van der Waals surface area contributed by atoms with Gasteiger partial charge in [0.1, 0.15) is 5.69 Å². The normalized spacial score (nSPS) is 32.8. The van der Waals surface area contributed by atoms with Crippen molar-refractivity contribution >= 4 is 11.9 Å². The molecule has 0 unspecified atom stereocenters. The number of carbonyl (C=O) groups is 2. The predicted molar refractivity (Wildman–Crippen MR) is 87.7 cm³/mol. The molecule has 4 aliphatic carbocycles. The molecule has 0 aromatic carbocycles. The number of fused-ring (bicyclic) bond motifs is 3. The van der Waals surface area contributed by atoms with Crippen molar-refractivity contribution in [3.63, 3.8) is 0 Å². The van der Waals surface area contributed by atoms with Crippen molar-refractivity contribution in [2.45, 2.75) is 75.8 Å². The van der Waals surface area contributed by atoms with E-state index in [1.54, 1.807) is 12.3 Å². The Morgan fingerprint density at radius 3 is 2.33 bits per heavy atom. The zero-order valence-corrected chi connectivity index (χ0v) is 14.0. The number of carboxylic acids is 1. The highest BCUT2D eigenvalue weighted by molar-refractivity contribution is 5.93. The van der Waals surface area contributed by atoms with E-state index in [0.717, 1.165) is 32.1 Å². The molecule has 4 saturated carbocycles. The molecule has 4 fully saturated rings. The minimum Gasteiger partial charge on any atom is -0.481 e. The van der Waals surface area contributed by atoms with Gasteiger partial charge in [-0.05, 0) is 57.4 Å². The van der Waals surface area contributed by atoms with Gasteiger partial charge in [-0.1, -0.05) is 12.8 Å². The first-order valence-electron chi connectivity index (χ1n) is 9.13. The monoisotopic (exact) mass is 331 g/mol. The number of carboxylic acid groups (broad SMARTS) is 1. The van der Waals surface area contributed by atoms with Crippen LogP contribution in [-0.4, -0.2) is 32.3 Å². The van der Waals surface area contributed by atoms with E-state index in [4.69, 9.17) is 0 Å². The summed E-state index contributed by atoms with van der Waals surface area (Å²) in [5.74, 6) is -0.717. The Kier molecular flexibility index (Phi) is 3.66. The molecular formula is C18H25N3O3. The topological polar surface area (TPSA) is 84.2 Å². The van der Waals surface area contributed by atoms with E-state index in [2.05, 4.69) is 10.4 Å². The van der Waals surface area contributed by atoms with Crippen LogP contribution in [0.25, 0.3) is 0 Å². The van der Waals surface area contributed by atoms with Gasteiger partial charge >= 0.3 is 5.97 Å². The summed E-state index contributed by atoms with van der Waals surface area (Å²) in [6, 6.07) is 2.15. The number of amides is 1. The molecule has 24 heavy (non-hydrogen) atoms. The fraction of sp³-hybridized carbons (Fsp3) is 0.722. The fourth-order valence-corrected chi connectivity index (χ4v) is 4.93. The zero-order valence-electron chi connectivity index (χ0n) is 14.0. The Hall–Kier alpha value is -1.85. The molecule has 2 bridgehead atoms. The molecular weight excluding hydrogens is 306 g/mol. The van der Waals surface area contributed by atoms with Gasteiger partial charge in [0.25, 0.3) is 5.91 Å². The molecule has 5 rings (SSSR count). The molecule has 6 heteroatoms. The average Bonchev–Trinajstić information content (AvgIpc) is 3.27. The molecule has 1 heterocycles. The Morgan fingerprint density at radius 1 is 1.12 bits per heavy atom. The first-order valence-corrected chi connectivity index (χ1v) is 9.13. The number of aliphatic carboxylic acids is 1. The van der Waals surface area contributed by atoms with Crippen LogP contribution in [0, 0.1) is 5.41 Å². The van der Waals surface area contributed by atoms with E-state index in [9.17, 15) is 14.7 Å². The molecule has 0 saturated heterocycles. The largest absolute Gasteiger partial charge is 0.481 e. The molecule has 4 aliphatic rings. The maximum Gasteiger partial charge on any atom is 0.309 e. The van der Waals surface area contributed by atoms with Gasteiger partial charge in [-0.25, -0.2) is 0 Å². The second-order valence-electron chi connectivity index (χ2n) is 7.92. The molecule has 1 amide bonds. The van der Waals surface area contributed by atoms with Crippen LogP contribution in [0.4, 0.5) is 0 Å². The van der Waals surface area contributed by atoms with Crippen molar-refractivity contribution in [2.24, 2.45) is 5.41 Å².